The molecule has 1 amide bonds. The lowest BCUT2D eigenvalue weighted by atomic mass is 10.2. The number of aromatic nitrogens is 1. The minimum absolute atomic E-state index is 0.0684. The molecule has 0 radical (unpaired) electrons. The van der Waals surface area contributed by atoms with E-state index >= 15 is 0 Å². The summed E-state index contributed by atoms with van der Waals surface area (Å²) in [4.78, 5) is 31.4. The number of carbonyl (C=O) groups excluding carboxylic acids is 1. The molecule has 134 valence electrons. The van der Waals surface area contributed by atoms with E-state index in [-0.39, 0.29) is 17.4 Å². The van der Waals surface area contributed by atoms with Gasteiger partial charge in [0.1, 0.15) is 5.82 Å². The van der Waals surface area contributed by atoms with E-state index in [4.69, 9.17) is 4.84 Å². The fourth-order valence-electron chi connectivity index (χ4n) is 1.89. The first-order valence-corrected chi connectivity index (χ1v) is 8.53. The van der Waals surface area contributed by atoms with Gasteiger partial charge in [-0.3, -0.25) is 14.4 Å². The van der Waals surface area contributed by atoms with Gasteiger partial charge in [0.25, 0.3) is 11.5 Å². The van der Waals surface area contributed by atoms with Crippen molar-refractivity contribution in [2.45, 2.75) is 24.8 Å². The van der Waals surface area contributed by atoms with Crippen LogP contribution in [0.5, 0.6) is 0 Å². The van der Waals surface area contributed by atoms with Gasteiger partial charge in [0, 0.05) is 11.1 Å². The van der Waals surface area contributed by atoms with Gasteiger partial charge in [0.2, 0.25) is 5.82 Å². The third-order valence-corrected chi connectivity index (χ3v) is 3.83. The second-order valence-electron chi connectivity index (χ2n) is 5.29. The van der Waals surface area contributed by atoms with Gasteiger partial charge < -0.3 is 10.3 Å². The zero-order chi connectivity index (χ0) is 18.6. The number of nitrogens with one attached hydrogen (secondary N) is 3. The molecule has 1 aromatic carbocycles. The maximum atomic E-state index is 14.2. The Kier molecular flexibility index (Phi) is 6.16. The Labute approximate surface area is 146 Å². The van der Waals surface area contributed by atoms with Gasteiger partial charge in [-0.05, 0) is 38.3 Å². The largest absolute Gasteiger partial charge is 0.350 e. The van der Waals surface area contributed by atoms with Crippen LogP contribution < -0.4 is 16.4 Å². The third-order valence-electron chi connectivity index (χ3n) is 3.10. The molecule has 0 fully saturated rings. The number of thioether (sulfide) groups is 1. The van der Waals surface area contributed by atoms with Gasteiger partial charge in [0.15, 0.2) is 0 Å². The number of carbonyl (C=O) groups is 1. The molecule has 0 saturated heterocycles. The Morgan fingerprint density at radius 3 is 2.64 bits per heavy atom. The van der Waals surface area contributed by atoms with Crippen molar-refractivity contribution in [3.8, 4) is 0 Å². The van der Waals surface area contributed by atoms with Crippen molar-refractivity contribution in [2.24, 2.45) is 0 Å². The topological polar surface area (TPSA) is 83.2 Å². The van der Waals surface area contributed by atoms with Crippen LogP contribution in [0.1, 0.15) is 24.2 Å². The summed E-state index contributed by atoms with van der Waals surface area (Å²) in [6.07, 6.45) is 2.51. The minimum atomic E-state index is -1.23. The number of amides is 1. The molecule has 0 atom stereocenters. The lowest BCUT2D eigenvalue weighted by Crippen LogP contribution is -2.29. The molecule has 1 heterocycles. The number of benzene rings is 1. The monoisotopic (exact) mass is 369 g/mol. The fraction of sp³-hybridized carbons (Fsp3) is 0.250. The van der Waals surface area contributed by atoms with E-state index < -0.39 is 28.8 Å². The smallest absolute Gasteiger partial charge is 0.286 e. The second-order valence-corrected chi connectivity index (χ2v) is 6.17. The van der Waals surface area contributed by atoms with Crippen molar-refractivity contribution in [3.05, 3.63) is 51.9 Å². The first-order valence-electron chi connectivity index (χ1n) is 7.31. The average Bonchev–Trinajstić information content (AvgIpc) is 2.58. The number of hydroxylamine groups is 1. The predicted octanol–water partition coefficient (Wildman–Crippen LogP) is 3.19. The maximum Gasteiger partial charge on any atom is 0.286 e. The summed E-state index contributed by atoms with van der Waals surface area (Å²) >= 11 is 1.34. The average molecular weight is 369 g/mol. The number of anilines is 2. The Morgan fingerprint density at radius 1 is 1.32 bits per heavy atom. The van der Waals surface area contributed by atoms with Crippen molar-refractivity contribution < 1.29 is 18.4 Å². The highest BCUT2D eigenvalue weighted by Crippen LogP contribution is 2.27. The molecular formula is C16H17F2N3O3S. The van der Waals surface area contributed by atoms with E-state index in [1.54, 1.807) is 26.2 Å². The van der Waals surface area contributed by atoms with Crippen molar-refractivity contribution in [2.75, 3.05) is 11.6 Å². The lowest BCUT2D eigenvalue weighted by molar-refractivity contribution is 0.000199. The zero-order valence-electron chi connectivity index (χ0n) is 13.8. The van der Waals surface area contributed by atoms with E-state index in [0.29, 0.717) is 4.90 Å². The lowest BCUT2D eigenvalue weighted by Gasteiger charge is -2.14. The van der Waals surface area contributed by atoms with Crippen molar-refractivity contribution >= 4 is 29.0 Å². The van der Waals surface area contributed by atoms with Crippen LogP contribution in [0.15, 0.2) is 34.1 Å². The van der Waals surface area contributed by atoms with E-state index in [0.717, 1.165) is 6.20 Å². The number of halogens is 2. The maximum absolute atomic E-state index is 14.2. The third kappa shape index (κ3) is 4.58. The van der Waals surface area contributed by atoms with Crippen LogP contribution in [0.3, 0.4) is 0 Å². The Morgan fingerprint density at radius 2 is 2.04 bits per heavy atom. The predicted molar refractivity (Wildman–Crippen MR) is 92.2 cm³/mol. The molecule has 0 aliphatic heterocycles. The zero-order valence-corrected chi connectivity index (χ0v) is 14.6. The number of hydrogen-bond acceptors (Lipinski definition) is 5. The van der Waals surface area contributed by atoms with Crippen LogP contribution in [-0.4, -0.2) is 23.3 Å². The van der Waals surface area contributed by atoms with E-state index in [1.165, 1.54) is 23.9 Å². The molecule has 0 aliphatic rings. The summed E-state index contributed by atoms with van der Waals surface area (Å²) in [7, 11) is 0. The van der Waals surface area contributed by atoms with Crippen molar-refractivity contribution in [1.29, 1.82) is 0 Å². The molecule has 0 saturated carbocycles. The number of hydrogen-bond donors (Lipinski definition) is 3. The number of pyridine rings is 1. The number of H-pyrrole nitrogens is 1. The van der Waals surface area contributed by atoms with Crippen LogP contribution in [0, 0.1) is 11.6 Å². The van der Waals surface area contributed by atoms with E-state index in [9.17, 15) is 18.4 Å². The SMILES string of the molecule is CSc1ccc(Nc2c(C(=O)NOC(C)C)c[nH]c(=O)c2F)c(F)c1. The Hall–Kier alpha value is -2.39. The van der Waals surface area contributed by atoms with Crippen molar-refractivity contribution in [1.82, 2.24) is 10.5 Å². The molecule has 3 N–H and O–H groups in total. The molecule has 9 heteroatoms. The normalized spacial score (nSPS) is 10.8. The molecule has 0 bridgehead atoms. The molecule has 25 heavy (non-hydrogen) atoms. The van der Waals surface area contributed by atoms with Gasteiger partial charge in [0.05, 0.1) is 23.0 Å². The quantitative estimate of drug-likeness (QED) is 0.538. The molecule has 1 aromatic heterocycles. The fourth-order valence-corrected chi connectivity index (χ4v) is 2.32. The van der Waals surface area contributed by atoms with Crippen LogP contribution in [-0.2, 0) is 4.84 Å². The summed E-state index contributed by atoms with van der Waals surface area (Å²) in [5.74, 6) is -2.66. The summed E-state index contributed by atoms with van der Waals surface area (Å²) in [5.41, 5.74) is 0.363. The standard InChI is InChI=1S/C16H17F2N3O3S/c1-8(2)24-21-15(22)10-7-19-16(23)13(18)14(10)20-12-5-4-9(25-3)6-11(12)17/h4-8H,1-3H3,(H,21,22)(H2,19,20,23). The summed E-state index contributed by atoms with van der Waals surface area (Å²) in [6.45, 7) is 3.38. The van der Waals surface area contributed by atoms with Crippen LogP contribution in [0.2, 0.25) is 0 Å². The summed E-state index contributed by atoms with van der Waals surface area (Å²) < 4.78 is 28.4. The molecule has 6 nitrogen and oxygen atoms in total. The Balaban J connectivity index is 2.40. The first kappa shape index (κ1) is 18.9. The Bertz CT molecular complexity index is 840. The van der Waals surface area contributed by atoms with Crippen LogP contribution >= 0.6 is 11.8 Å². The second kappa shape index (κ2) is 8.13. The van der Waals surface area contributed by atoms with Gasteiger partial charge in [-0.1, -0.05) is 0 Å². The minimum Gasteiger partial charge on any atom is -0.350 e. The van der Waals surface area contributed by atoms with Gasteiger partial charge in [-0.2, -0.15) is 4.39 Å². The number of rotatable bonds is 6. The molecule has 2 rings (SSSR count). The highest BCUT2D eigenvalue weighted by molar-refractivity contribution is 7.98. The molecule has 2 aromatic rings. The highest BCUT2D eigenvalue weighted by atomic mass is 32.2. The summed E-state index contributed by atoms with van der Waals surface area (Å²) in [6, 6.07) is 4.29. The molecule has 0 spiro atoms. The molecule has 0 aliphatic carbocycles. The van der Waals surface area contributed by atoms with E-state index in [2.05, 4.69) is 15.8 Å². The number of aromatic amines is 1. The van der Waals surface area contributed by atoms with Crippen molar-refractivity contribution in [3.63, 3.8) is 0 Å². The van der Waals surface area contributed by atoms with Crippen LogP contribution in [0.4, 0.5) is 20.2 Å². The van der Waals surface area contributed by atoms with Gasteiger partial charge in [-0.15, -0.1) is 11.8 Å². The highest BCUT2D eigenvalue weighted by Gasteiger charge is 2.20. The summed E-state index contributed by atoms with van der Waals surface area (Å²) in [5, 5.41) is 2.47. The molecular weight excluding hydrogens is 352 g/mol. The first-order chi connectivity index (χ1) is 11.8. The van der Waals surface area contributed by atoms with Gasteiger partial charge >= 0.3 is 0 Å². The van der Waals surface area contributed by atoms with Crippen LogP contribution in [0.25, 0.3) is 0 Å². The van der Waals surface area contributed by atoms with E-state index in [1.807, 2.05) is 0 Å². The molecule has 0 unspecified atom stereocenters. The van der Waals surface area contributed by atoms with Gasteiger partial charge in [-0.25, -0.2) is 9.87 Å².